The van der Waals surface area contributed by atoms with E-state index in [1.165, 1.54) is 12.1 Å². The SMILES string of the molecule is CN(CCO)CCCNc1ccc([N+](=O)[O-])cc1. The Morgan fingerprint density at radius 1 is 1.33 bits per heavy atom. The predicted octanol–water partition coefficient (Wildman–Crippen LogP) is 1.32. The number of likely N-dealkylation sites (N-methyl/N-ethyl adjacent to an activating group) is 1. The smallest absolute Gasteiger partial charge is 0.269 e. The first-order valence-corrected chi connectivity index (χ1v) is 5.91. The van der Waals surface area contributed by atoms with Crippen molar-refractivity contribution in [3.8, 4) is 0 Å². The summed E-state index contributed by atoms with van der Waals surface area (Å²) in [6, 6.07) is 6.38. The van der Waals surface area contributed by atoms with Crippen molar-refractivity contribution in [2.24, 2.45) is 0 Å². The normalized spacial score (nSPS) is 10.6. The van der Waals surface area contributed by atoms with Crippen LogP contribution in [0.1, 0.15) is 6.42 Å². The zero-order chi connectivity index (χ0) is 13.4. The lowest BCUT2D eigenvalue weighted by Gasteiger charge is -2.15. The van der Waals surface area contributed by atoms with Crippen LogP contribution in [-0.4, -0.2) is 48.2 Å². The molecule has 0 aliphatic carbocycles. The highest BCUT2D eigenvalue weighted by molar-refractivity contribution is 5.48. The Hall–Kier alpha value is -1.66. The molecule has 0 unspecified atom stereocenters. The molecular formula is C12H19N3O3. The van der Waals surface area contributed by atoms with Gasteiger partial charge in [-0.15, -0.1) is 0 Å². The molecule has 0 fully saturated rings. The molecule has 6 heteroatoms. The monoisotopic (exact) mass is 253 g/mol. The minimum absolute atomic E-state index is 0.100. The fourth-order valence-electron chi connectivity index (χ4n) is 1.57. The van der Waals surface area contributed by atoms with Gasteiger partial charge in [-0.1, -0.05) is 0 Å². The van der Waals surface area contributed by atoms with Crippen LogP contribution in [-0.2, 0) is 0 Å². The van der Waals surface area contributed by atoms with E-state index in [1.807, 2.05) is 7.05 Å². The Bertz CT molecular complexity index is 367. The summed E-state index contributed by atoms with van der Waals surface area (Å²) >= 11 is 0. The van der Waals surface area contributed by atoms with Gasteiger partial charge in [-0.3, -0.25) is 10.1 Å². The van der Waals surface area contributed by atoms with Gasteiger partial charge in [0.05, 0.1) is 11.5 Å². The highest BCUT2D eigenvalue weighted by Crippen LogP contribution is 2.15. The van der Waals surface area contributed by atoms with E-state index in [9.17, 15) is 10.1 Å². The van der Waals surface area contributed by atoms with Crippen LogP contribution in [0.5, 0.6) is 0 Å². The number of aliphatic hydroxyl groups is 1. The van der Waals surface area contributed by atoms with Crippen molar-refractivity contribution in [2.75, 3.05) is 38.6 Å². The van der Waals surface area contributed by atoms with Crippen LogP contribution >= 0.6 is 0 Å². The first kappa shape index (κ1) is 14.4. The van der Waals surface area contributed by atoms with Crippen molar-refractivity contribution < 1.29 is 10.0 Å². The van der Waals surface area contributed by atoms with E-state index in [-0.39, 0.29) is 12.3 Å². The molecule has 0 aromatic heterocycles. The largest absolute Gasteiger partial charge is 0.395 e. The van der Waals surface area contributed by atoms with E-state index in [1.54, 1.807) is 12.1 Å². The van der Waals surface area contributed by atoms with Gasteiger partial charge in [0.2, 0.25) is 0 Å². The Morgan fingerprint density at radius 3 is 2.56 bits per heavy atom. The minimum Gasteiger partial charge on any atom is -0.395 e. The average molecular weight is 253 g/mol. The molecule has 0 spiro atoms. The highest BCUT2D eigenvalue weighted by atomic mass is 16.6. The molecule has 18 heavy (non-hydrogen) atoms. The predicted molar refractivity (Wildman–Crippen MR) is 70.8 cm³/mol. The van der Waals surface area contributed by atoms with Gasteiger partial charge in [-0.25, -0.2) is 0 Å². The van der Waals surface area contributed by atoms with Gasteiger partial charge in [0.25, 0.3) is 5.69 Å². The quantitative estimate of drug-likeness (QED) is 0.415. The lowest BCUT2D eigenvalue weighted by molar-refractivity contribution is -0.384. The maximum Gasteiger partial charge on any atom is 0.269 e. The van der Waals surface area contributed by atoms with Gasteiger partial charge >= 0.3 is 0 Å². The van der Waals surface area contributed by atoms with Gasteiger partial charge in [0.1, 0.15) is 0 Å². The zero-order valence-electron chi connectivity index (χ0n) is 10.5. The molecule has 0 amide bonds. The summed E-state index contributed by atoms with van der Waals surface area (Å²) in [4.78, 5) is 12.1. The summed E-state index contributed by atoms with van der Waals surface area (Å²) in [7, 11) is 1.96. The summed E-state index contributed by atoms with van der Waals surface area (Å²) in [5, 5.41) is 22.4. The Morgan fingerprint density at radius 2 is 2.00 bits per heavy atom. The molecule has 1 aromatic carbocycles. The first-order valence-electron chi connectivity index (χ1n) is 5.91. The van der Waals surface area contributed by atoms with Crippen LogP contribution < -0.4 is 5.32 Å². The minimum atomic E-state index is -0.409. The zero-order valence-corrected chi connectivity index (χ0v) is 10.5. The van der Waals surface area contributed by atoms with Crippen LogP contribution in [0.3, 0.4) is 0 Å². The standard InChI is InChI=1S/C12H19N3O3/c1-14(9-10-16)8-2-7-13-11-3-5-12(6-4-11)15(17)18/h3-6,13,16H,2,7-10H2,1H3. The van der Waals surface area contributed by atoms with Crippen molar-refractivity contribution in [1.82, 2.24) is 4.90 Å². The number of nitrogens with one attached hydrogen (secondary N) is 1. The molecule has 0 saturated heterocycles. The number of rotatable bonds is 8. The third-order valence-electron chi connectivity index (χ3n) is 2.61. The number of benzene rings is 1. The Labute approximate surface area is 106 Å². The van der Waals surface area contributed by atoms with Crippen molar-refractivity contribution in [2.45, 2.75) is 6.42 Å². The number of anilines is 1. The van der Waals surface area contributed by atoms with Crippen LogP contribution in [0.15, 0.2) is 24.3 Å². The molecule has 0 radical (unpaired) electrons. The molecular weight excluding hydrogens is 234 g/mol. The molecule has 0 atom stereocenters. The molecule has 0 aliphatic heterocycles. The number of nitro groups is 1. The van der Waals surface area contributed by atoms with Crippen molar-refractivity contribution in [1.29, 1.82) is 0 Å². The maximum atomic E-state index is 10.5. The number of hydrogen-bond acceptors (Lipinski definition) is 5. The first-order chi connectivity index (χ1) is 8.63. The number of nitro benzene ring substituents is 1. The van der Waals surface area contributed by atoms with E-state index in [2.05, 4.69) is 10.2 Å². The summed E-state index contributed by atoms with van der Waals surface area (Å²) in [6.45, 7) is 2.55. The average Bonchev–Trinajstić information content (AvgIpc) is 2.35. The second kappa shape index (κ2) is 7.62. The summed E-state index contributed by atoms with van der Waals surface area (Å²) in [5.74, 6) is 0. The third kappa shape index (κ3) is 5.11. The maximum absolute atomic E-state index is 10.5. The lowest BCUT2D eigenvalue weighted by Crippen LogP contribution is -2.24. The Balaban J connectivity index is 2.25. The molecule has 2 N–H and O–H groups in total. The van der Waals surface area contributed by atoms with Gasteiger partial charge in [-0.2, -0.15) is 0 Å². The van der Waals surface area contributed by atoms with E-state index < -0.39 is 4.92 Å². The Kier molecular flexibility index (Phi) is 6.10. The number of hydrogen-bond donors (Lipinski definition) is 2. The van der Waals surface area contributed by atoms with Gasteiger partial charge < -0.3 is 15.3 Å². The van der Waals surface area contributed by atoms with Gasteiger partial charge in [0.15, 0.2) is 0 Å². The van der Waals surface area contributed by atoms with Crippen molar-refractivity contribution in [3.05, 3.63) is 34.4 Å². The van der Waals surface area contributed by atoms with Crippen molar-refractivity contribution >= 4 is 11.4 Å². The van der Waals surface area contributed by atoms with Crippen LogP contribution in [0, 0.1) is 10.1 Å². The number of non-ortho nitro benzene ring substituents is 1. The lowest BCUT2D eigenvalue weighted by atomic mass is 10.3. The van der Waals surface area contributed by atoms with Gasteiger partial charge in [0, 0.05) is 30.9 Å². The summed E-state index contributed by atoms with van der Waals surface area (Å²) < 4.78 is 0. The summed E-state index contributed by atoms with van der Waals surface area (Å²) in [5.41, 5.74) is 0.980. The molecule has 0 aliphatic rings. The second-order valence-electron chi connectivity index (χ2n) is 4.11. The van der Waals surface area contributed by atoms with Crippen LogP contribution in [0.4, 0.5) is 11.4 Å². The molecule has 0 saturated carbocycles. The van der Waals surface area contributed by atoms with E-state index in [0.717, 1.165) is 25.2 Å². The highest BCUT2D eigenvalue weighted by Gasteiger charge is 2.03. The van der Waals surface area contributed by atoms with Crippen LogP contribution in [0.2, 0.25) is 0 Å². The summed E-state index contributed by atoms with van der Waals surface area (Å²) in [6.07, 6.45) is 0.952. The fraction of sp³-hybridized carbons (Fsp3) is 0.500. The van der Waals surface area contributed by atoms with E-state index >= 15 is 0 Å². The van der Waals surface area contributed by atoms with E-state index in [4.69, 9.17) is 5.11 Å². The van der Waals surface area contributed by atoms with Crippen LogP contribution in [0.25, 0.3) is 0 Å². The van der Waals surface area contributed by atoms with Gasteiger partial charge in [-0.05, 0) is 32.1 Å². The molecule has 1 aromatic rings. The molecule has 1 rings (SSSR count). The topological polar surface area (TPSA) is 78.6 Å². The van der Waals surface area contributed by atoms with Crippen molar-refractivity contribution in [3.63, 3.8) is 0 Å². The third-order valence-corrected chi connectivity index (χ3v) is 2.61. The molecule has 0 bridgehead atoms. The van der Waals surface area contributed by atoms with E-state index in [0.29, 0.717) is 6.54 Å². The molecule has 6 nitrogen and oxygen atoms in total. The second-order valence-corrected chi connectivity index (χ2v) is 4.11. The number of nitrogens with zero attached hydrogens (tertiary/aromatic N) is 2. The number of aliphatic hydroxyl groups excluding tert-OH is 1. The molecule has 100 valence electrons. The molecule has 0 heterocycles. The fourth-order valence-corrected chi connectivity index (χ4v) is 1.57.